The number of aromatic nitrogens is 2. The fraction of sp³-hybridized carbons (Fsp3) is 0.231. The van der Waals surface area contributed by atoms with Crippen LogP contribution in [-0.2, 0) is 14.3 Å². The lowest BCUT2D eigenvalue weighted by Gasteiger charge is -2.38. The van der Waals surface area contributed by atoms with E-state index in [1.54, 1.807) is 47.8 Å². The van der Waals surface area contributed by atoms with Crippen molar-refractivity contribution in [3.8, 4) is 11.6 Å². The molecular weight excluding hydrogens is 476 g/mol. The topological polar surface area (TPSA) is 135 Å². The Labute approximate surface area is 211 Å². The molecule has 3 aliphatic heterocycles. The van der Waals surface area contributed by atoms with Crippen LogP contribution in [0, 0.1) is 0 Å². The summed E-state index contributed by atoms with van der Waals surface area (Å²) in [6.07, 6.45) is 5.96. The number of benzene rings is 1. The number of nitrogens with one attached hydrogen (secondary N) is 2. The van der Waals surface area contributed by atoms with Crippen LogP contribution < -0.4 is 20.3 Å². The number of aliphatic imine (C=N–C) groups is 1. The van der Waals surface area contributed by atoms with Gasteiger partial charge in [0.25, 0.3) is 11.8 Å². The van der Waals surface area contributed by atoms with Gasteiger partial charge in [-0.05, 0) is 60.9 Å². The van der Waals surface area contributed by atoms with Crippen molar-refractivity contribution in [1.82, 2.24) is 20.6 Å². The normalized spacial score (nSPS) is 20.3. The van der Waals surface area contributed by atoms with Gasteiger partial charge in [0.05, 0.1) is 11.9 Å². The Morgan fingerprint density at radius 3 is 2.43 bits per heavy atom. The van der Waals surface area contributed by atoms with E-state index in [4.69, 9.17) is 9.47 Å². The maximum Gasteiger partial charge on any atom is 0.328 e. The highest BCUT2D eigenvalue weighted by molar-refractivity contribution is 6.24. The lowest BCUT2D eigenvalue weighted by atomic mass is 9.92. The van der Waals surface area contributed by atoms with Crippen LogP contribution in [0.4, 0.5) is 10.5 Å². The number of amides is 4. The third kappa shape index (κ3) is 4.03. The number of nitrogens with zero attached hydrogens (tertiary/aromatic N) is 4. The molecule has 1 aromatic carbocycles. The van der Waals surface area contributed by atoms with Gasteiger partial charge in [0.15, 0.2) is 5.54 Å². The van der Waals surface area contributed by atoms with Gasteiger partial charge in [0, 0.05) is 30.6 Å². The van der Waals surface area contributed by atoms with Crippen LogP contribution in [0.1, 0.15) is 30.0 Å². The number of barbiturate groups is 1. The number of carbonyl (C=O) groups is 3. The molecule has 0 aliphatic carbocycles. The standard InChI is InChI=1S/C26H22N6O5/c33-23-26(24(34)31-25(35)30-23)10-1-13-32(26)18-4-7-21(28-14-18)37-19-5-2-17(3-6-19)22-29-20(15-36-22)16-8-11-27-12-9-16/h2-9,11-12,14,20H,1,10,13,15H2,(H2,30,31,33,34,35). The van der Waals surface area contributed by atoms with Crippen molar-refractivity contribution in [3.63, 3.8) is 0 Å². The number of imide groups is 2. The summed E-state index contributed by atoms with van der Waals surface area (Å²) < 4.78 is 11.7. The molecule has 3 aromatic rings. The first-order valence-corrected chi connectivity index (χ1v) is 11.8. The molecule has 1 spiro atoms. The molecule has 11 heteroatoms. The summed E-state index contributed by atoms with van der Waals surface area (Å²) in [4.78, 5) is 51.6. The molecule has 186 valence electrons. The SMILES string of the molecule is O=C1NC(=O)C2(CCCN2c2ccc(Oc3ccc(C4=NC(c5ccncc5)CO4)cc3)nc2)C(=O)N1. The third-order valence-corrected chi connectivity index (χ3v) is 6.68. The Balaban J connectivity index is 1.14. The summed E-state index contributed by atoms with van der Waals surface area (Å²) >= 11 is 0. The van der Waals surface area contributed by atoms with E-state index >= 15 is 0 Å². The summed E-state index contributed by atoms with van der Waals surface area (Å²) in [5.41, 5.74) is 1.02. The zero-order chi connectivity index (χ0) is 25.4. The van der Waals surface area contributed by atoms with Crippen molar-refractivity contribution in [3.05, 3.63) is 78.2 Å². The third-order valence-electron chi connectivity index (χ3n) is 6.68. The monoisotopic (exact) mass is 498 g/mol. The van der Waals surface area contributed by atoms with Gasteiger partial charge in [-0.1, -0.05) is 0 Å². The average Bonchev–Trinajstić information content (AvgIpc) is 3.58. The lowest BCUT2D eigenvalue weighted by Crippen LogP contribution is -2.71. The van der Waals surface area contributed by atoms with Crippen molar-refractivity contribution >= 4 is 29.4 Å². The molecule has 0 saturated carbocycles. The highest BCUT2D eigenvalue weighted by Crippen LogP contribution is 2.36. The fourth-order valence-corrected chi connectivity index (χ4v) is 4.85. The molecule has 1 atom stereocenters. The first-order valence-electron chi connectivity index (χ1n) is 11.8. The minimum Gasteiger partial charge on any atom is -0.475 e. The van der Waals surface area contributed by atoms with E-state index in [-0.39, 0.29) is 6.04 Å². The molecule has 2 N–H and O–H groups in total. The maximum atomic E-state index is 12.6. The molecule has 2 fully saturated rings. The second kappa shape index (κ2) is 9.01. The van der Waals surface area contributed by atoms with E-state index in [2.05, 4.69) is 25.6 Å². The van der Waals surface area contributed by atoms with Crippen LogP contribution >= 0.6 is 0 Å². The highest BCUT2D eigenvalue weighted by atomic mass is 16.5. The summed E-state index contributed by atoms with van der Waals surface area (Å²) in [5.74, 6) is 0.261. The first kappa shape index (κ1) is 22.7. The van der Waals surface area contributed by atoms with Crippen LogP contribution in [0.15, 0.2) is 72.1 Å². The number of pyridine rings is 2. The Morgan fingerprint density at radius 2 is 1.73 bits per heavy atom. The number of hydrogen-bond acceptors (Lipinski definition) is 9. The van der Waals surface area contributed by atoms with Crippen molar-refractivity contribution in [2.45, 2.75) is 24.4 Å². The average molecular weight is 498 g/mol. The number of carbonyl (C=O) groups excluding carboxylic acids is 3. The Kier molecular flexibility index (Phi) is 5.52. The van der Waals surface area contributed by atoms with Crippen molar-refractivity contribution in [1.29, 1.82) is 0 Å². The molecule has 2 saturated heterocycles. The molecule has 37 heavy (non-hydrogen) atoms. The molecule has 1 unspecified atom stereocenters. The van der Waals surface area contributed by atoms with E-state index in [0.717, 1.165) is 11.1 Å². The van der Waals surface area contributed by atoms with Gasteiger partial charge in [0.2, 0.25) is 11.8 Å². The smallest absolute Gasteiger partial charge is 0.328 e. The van der Waals surface area contributed by atoms with E-state index in [9.17, 15) is 14.4 Å². The highest BCUT2D eigenvalue weighted by Gasteiger charge is 2.57. The van der Waals surface area contributed by atoms with Crippen LogP contribution in [0.3, 0.4) is 0 Å². The zero-order valence-electron chi connectivity index (χ0n) is 19.6. The maximum absolute atomic E-state index is 12.6. The lowest BCUT2D eigenvalue weighted by molar-refractivity contribution is -0.137. The van der Waals surface area contributed by atoms with Crippen molar-refractivity contribution in [2.75, 3.05) is 18.1 Å². The number of ether oxygens (including phenoxy) is 2. The molecule has 2 aromatic heterocycles. The van der Waals surface area contributed by atoms with E-state index < -0.39 is 23.4 Å². The van der Waals surface area contributed by atoms with Crippen LogP contribution in [0.25, 0.3) is 0 Å². The van der Waals surface area contributed by atoms with Gasteiger partial charge >= 0.3 is 6.03 Å². The summed E-state index contributed by atoms with van der Waals surface area (Å²) in [7, 11) is 0. The number of anilines is 1. The quantitative estimate of drug-likeness (QED) is 0.513. The van der Waals surface area contributed by atoms with Gasteiger partial charge in [-0.25, -0.2) is 14.8 Å². The Morgan fingerprint density at radius 1 is 0.973 bits per heavy atom. The van der Waals surface area contributed by atoms with Crippen LogP contribution in [0.5, 0.6) is 11.6 Å². The molecule has 0 bridgehead atoms. The van der Waals surface area contributed by atoms with E-state index in [1.807, 2.05) is 24.3 Å². The minimum atomic E-state index is -1.46. The number of hydrogen-bond donors (Lipinski definition) is 2. The second-order valence-corrected chi connectivity index (χ2v) is 8.88. The zero-order valence-corrected chi connectivity index (χ0v) is 19.6. The molecule has 3 aliphatic rings. The predicted octanol–water partition coefficient (Wildman–Crippen LogP) is 2.49. The van der Waals surface area contributed by atoms with Gasteiger partial charge in [0.1, 0.15) is 18.4 Å². The van der Waals surface area contributed by atoms with Gasteiger partial charge in [-0.15, -0.1) is 0 Å². The first-order chi connectivity index (χ1) is 18.0. The predicted molar refractivity (Wildman–Crippen MR) is 131 cm³/mol. The van der Waals surface area contributed by atoms with Crippen LogP contribution in [0.2, 0.25) is 0 Å². The molecule has 6 rings (SSSR count). The Hall–Kier alpha value is -4.80. The summed E-state index contributed by atoms with van der Waals surface area (Å²) in [6, 6.07) is 13.7. The van der Waals surface area contributed by atoms with Gasteiger partial charge < -0.3 is 14.4 Å². The molecule has 5 heterocycles. The van der Waals surface area contributed by atoms with Crippen LogP contribution in [-0.4, -0.2) is 52.4 Å². The minimum absolute atomic E-state index is 0.0577. The van der Waals surface area contributed by atoms with Crippen molar-refractivity contribution < 1.29 is 23.9 Å². The number of urea groups is 1. The Bertz CT molecular complexity index is 1370. The number of rotatable bonds is 5. The van der Waals surface area contributed by atoms with E-state index in [1.165, 1.54) is 0 Å². The molecule has 11 nitrogen and oxygen atoms in total. The largest absolute Gasteiger partial charge is 0.475 e. The second-order valence-electron chi connectivity index (χ2n) is 8.88. The summed E-state index contributed by atoms with van der Waals surface area (Å²) in [5, 5.41) is 4.41. The fourth-order valence-electron chi connectivity index (χ4n) is 4.85. The van der Waals surface area contributed by atoms with Crippen molar-refractivity contribution in [2.24, 2.45) is 4.99 Å². The molecule has 4 amide bonds. The van der Waals surface area contributed by atoms with Gasteiger partial charge in [-0.2, -0.15) is 0 Å². The molecule has 0 radical (unpaired) electrons. The summed E-state index contributed by atoms with van der Waals surface area (Å²) in [6.45, 7) is 0.956. The van der Waals surface area contributed by atoms with E-state index in [0.29, 0.717) is 49.2 Å². The van der Waals surface area contributed by atoms with Gasteiger partial charge in [-0.3, -0.25) is 25.2 Å². The molecular formula is C26H22N6O5.